The zero-order valence-electron chi connectivity index (χ0n) is 30.1. The monoisotopic (exact) mass is 667 g/mol. The second-order valence-corrected chi connectivity index (χ2v) is 14.6. The molecular formula is C51H41N. The molecule has 9 rings (SSSR count). The molecule has 52 heavy (non-hydrogen) atoms. The molecule has 250 valence electrons. The highest BCUT2D eigenvalue weighted by Crippen LogP contribution is 2.52. The van der Waals surface area contributed by atoms with Gasteiger partial charge in [-0.05, 0) is 122 Å². The summed E-state index contributed by atoms with van der Waals surface area (Å²) in [4.78, 5) is 5.41. The van der Waals surface area contributed by atoms with E-state index >= 15 is 0 Å². The Morgan fingerprint density at radius 2 is 1.37 bits per heavy atom. The van der Waals surface area contributed by atoms with Gasteiger partial charge < -0.3 is 0 Å². The molecule has 0 spiro atoms. The third-order valence-corrected chi connectivity index (χ3v) is 11.2. The topological polar surface area (TPSA) is 12.9 Å². The van der Waals surface area contributed by atoms with E-state index in [9.17, 15) is 0 Å². The van der Waals surface area contributed by atoms with Gasteiger partial charge in [-0.1, -0.05) is 154 Å². The first-order chi connectivity index (χ1) is 25.5. The number of pyridine rings is 1. The van der Waals surface area contributed by atoms with Gasteiger partial charge in [-0.2, -0.15) is 0 Å². The first kappa shape index (κ1) is 31.9. The third-order valence-electron chi connectivity index (χ3n) is 11.2. The Morgan fingerprint density at radius 3 is 2.13 bits per heavy atom. The molecule has 2 aliphatic rings. The normalized spacial score (nSPS) is 14.7. The largest absolute Gasteiger partial charge is 0.248 e. The van der Waals surface area contributed by atoms with E-state index < -0.39 is 0 Å². The summed E-state index contributed by atoms with van der Waals surface area (Å²) >= 11 is 0. The second kappa shape index (κ2) is 12.6. The van der Waals surface area contributed by atoms with Crippen LogP contribution in [-0.4, -0.2) is 4.98 Å². The highest BCUT2D eigenvalue weighted by molar-refractivity contribution is 6.13. The molecule has 1 heterocycles. The lowest BCUT2D eigenvalue weighted by molar-refractivity contribution is 0.651. The molecule has 1 aromatic heterocycles. The standard InChI is InChI=1S/C51H41N/c1-5-17-40-37(6-2)49(36-27-29-46-43(31-36)38-22-13-15-24-45(38)51(46,3)4)44-30-35(33-18-9-7-10-19-33)26-28-41(44)50(40)48-32-42(34-20-11-8-12-21-34)39-23-14-16-25-47(39)52-48/h5-12,14-21,23-32H,2,13,22H2,1,3-4H3/b17-5-. The number of hydrogen-bond donors (Lipinski definition) is 0. The van der Waals surface area contributed by atoms with Crippen molar-refractivity contribution >= 4 is 39.4 Å². The van der Waals surface area contributed by atoms with Gasteiger partial charge in [0.2, 0.25) is 0 Å². The summed E-state index contributed by atoms with van der Waals surface area (Å²) in [5, 5.41) is 3.52. The van der Waals surface area contributed by atoms with Crippen molar-refractivity contribution in [3.8, 4) is 44.6 Å². The van der Waals surface area contributed by atoms with Crippen LogP contribution in [0.4, 0.5) is 0 Å². The summed E-state index contributed by atoms with van der Waals surface area (Å²) < 4.78 is 0. The Kier molecular flexibility index (Phi) is 7.74. The second-order valence-electron chi connectivity index (χ2n) is 14.6. The molecule has 0 N–H and O–H groups in total. The summed E-state index contributed by atoms with van der Waals surface area (Å²) in [5.74, 6) is 0. The van der Waals surface area contributed by atoms with Gasteiger partial charge in [-0.3, -0.25) is 0 Å². The summed E-state index contributed by atoms with van der Waals surface area (Å²) in [6.45, 7) is 11.3. The number of para-hydroxylation sites is 1. The molecule has 0 atom stereocenters. The van der Waals surface area contributed by atoms with E-state index in [0.717, 1.165) is 46.1 Å². The number of aromatic nitrogens is 1. The van der Waals surface area contributed by atoms with Gasteiger partial charge in [-0.25, -0.2) is 4.98 Å². The van der Waals surface area contributed by atoms with Gasteiger partial charge in [0.15, 0.2) is 0 Å². The number of hydrogen-bond acceptors (Lipinski definition) is 1. The van der Waals surface area contributed by atoms with Gasteiger partial charge in [0, 0.05) is 16.4 Å². The van der Waals surface area contributed by atoms with E-state index in [1.807, 2.05) is 0 Å². The Hall–Kier alpha value is -6.05. The van der Waals surface area contributed by atoms with Crippen molar-refractivity contribution in [2.75, 3.05) is 0 Å². The SMILES string of the molecule is C=Cc1c(/C=C\C)c(-c2cc(-c3ccccc3)c3ccccc3n2)c2ccc(-c3ccccc3)cc2c1-c1ccc2c(c1)C1=C(C=CCC1)C2(C)C. The van der Waals surface area contributed by atoms with Crippen molar-refractivity contribution in [2.45, 2.75) is 39.0 Å². The van der Waals surface area contributed by atoms with Gasteiger partial charge in [-0.15, -0.1) is 0 Å². The maximum absolute atomic E-state index is 5.41. The van der Waals surface area contributed by atoms with Gasteiger partial charge >= 0.3 is 0 Å². The van der Waals surface area contributed by atoms with E-state index in [4.69, 9.17) is 4.98 Å². The van der Waals surface area contributed by atoms with E-state index in [2.05, 4.69) is 185 Å². The molecule has 0 fully saturated rings. The minimum atomic E-state index is -0.0118. The van der Waals surface area contributed by atoms with Crippen LogP contribution in [-0.2, 0) is 5.41 Å². The molecule has 0 bridgehead atoms. The highest BCUT2D eigenvalue weighted by atomic mass is 14.7. The molecule has 0 saturated heterocycles. The smallest absolute Gasteiger partial charge is 0.0728 e. The Balaban J connectivity index is 1.39. The maximum atomic E-state index is 5.41. The molecule has 0 saturated carbocycles. The Morgan fingerprint density at radius 1 is 0.635 bits per heavy atom. The molecule has 2 aliphatic carbocycles. The third kappa shape index (κ3) is 5.03. The average Bonchev–Trinajstić information content (AvgIpc) is 3.42. The molecular weight excluding hydrogens is 627 g/mol. The van der Waals surface area contributed by atoms with Crippen LogP contribution in [0.2, 0.25) is 0 Å². The Labute approximate surface area is 307 Å². The maximum Gasteiger partial charge on any atom is 0.0728 e. The average molecular weight is 668 g/mol. The number of nitrogens with zero attached hydrogens (tertiary/aromatic N) is 1. The number of allylic oxidation sites excluding steroid dienone is 5. The van der Waals surface area contributed by atoms with Gasteiger partial charge in [0.05, 0.1) is 11.2 Å². The number of fused-ring (bicyclic) bond motifs is 4. The number of benzene rings is 6. The van der Waals surface area contributed by atoms with Crippen LogP contribution in [0, 0.1) is 0 Å². The molecule has 0 aliphatic heterocycles. The van der Waals surface area contributed by atoms with Crippen LogP contribution >= 0.6 is 0 Å². The predicted molar refractivity (Wildman–Crippen MR) is 224 cm³/mol. The summed E-state index contributed by atoms with van der Waals surface area (Å²) in [7, 11) is 0. The zero-order valence-corrected chi connectivity index (χ0v) is 30.1. The summed E-state index contributed by atoms with van der Waals surface area (Å²) in [6.07, 6.45) is 13.3. The lowest BCUT2D eigenvalue weighted by Crippen LogP contribution is -2.16. The highest BCUT2D eigenvalue weighted by Gasteiger charge is 2.37. The Bertz CT molecular complexity index is 2650. The lowest BCUT2D eigenvalue weighted by Gasteiger charge is -2.24. The van der Waals surface area contributed by atoms with Crippen molar-refractivity contribution in [1.82, 2.24) is 4.98 Å². The number of rotatable bonds is 6. The minimum Gasteiger partial charge on any atom is -0.248 e. The fourth-order valence-corrected chi connectivity index (χ4v) is 8.81. The van der Waals surface area contributed by atoms with Crippen LogP contribution in [0.15, 0.2) is 158 Å². The quantitative estimate of drug-likeness (QED) is 0.172. The fourth-order valence-electron chi connectivity index (χ4n) is 8.81. The van der Waals surface area contributed by atoms with Crippen molar-refractivity contribution < 1.29 is 0 Å². The molecule has 0 amide bonds. The van der Waals surface area contributed by atoms with Crippen molar-refractivity contribution in [3.05, 3.63) is 180 Å². The molecule has 1 nitrogen and oxygen atoms in total. The van der Waals surface area contributed by atoms with E-state index in [1.54, 1.807) is 0 Å². The van der Waals surface area contributed by atoms with E-state index in [-0.39, 0.29) is 5.41 Å². The predicted octanol–water partition coefficient (Wildman–Crippen LogP) is 14.1. The summed E-state index contributed by atoms with van der Waals surface area (Å²) in [5.41, 5.74) is 18.3. The van der Waals surface area contributed by atoms with E-state index in [1.165, 1.54) is 66.4 Å². The molecule has 0 unspecified atom stereocenters. The minimum absolute atomic E-state index is 0.0118. The van der Waals surface area contributed by atoms with Crippen molar-refractivity contribution in [3.63, 3.8) is 0 Å². The lowest BCUT2D eigenvalue weighted by atomic mass is 9.79. The van der Waals surface area contributed by atoms with Crippen LogP contribution < -0.4 is 0 Å². The molecule has 6 aromatic carbocycles. The molecule has 7 aromatic rings. The summed E-state index contributed by atoms with van der Waals surface area (Å²) in [6, 6.07) is 46.4. The molecule has 1 heteroatoms. The van der Waals surface area contributed by atoms with Crippen LogP contribution in [0.25, 0.3) is 84.0 Å². The van der Waals surface area contributed by atoms with Crippen molar-refractivity contribution in [1.29, 1.82) is 0 Å². The van der Waals surface area contributed by atoms with Crippen LogP contribution in [0.3, 0.4) is 0 Å². The van der Waals surface area contributed by atoms with Crippen molar-refractivity contribution in [2.24, 2.45) is 0 Å². The van der Waals surface area contributed by atoms with Gasteiger partial charge in [0.1, 0.15) is 0 Å². The van der Waals surface area contributed by atoms with Gasteiger partial charge in [0.25, 0.3) is 0 Å². The first-order valence-electron chi connectivity index (χ1n) is 18.4. The van der Waals surface area contributed by atoms with Crippen LogP contribution in [0.5, 0.6) is 0 Å². The van der Waals surface area contributed by atoms with E-state index in [0.29, 0.717) is 0 Å². The fraction of sp³-hybridized carbons (Fsp3) is 0.118. The van der Waals surface area contributed by atoms with Crippen LogP contribution in [0.1, 0.15) is 55.9 Å². The molecule has 0 radical (unpaired) electrons. The first-order valence-corrected chi connectivity index (χ1v) is 18.4. The zero-order chi connectivity index (χ0) is 35.4.